The second-order valence-corrected chi connectivity index (χ2v) is 9.25. The Labute approximate surface area is 220 Å². The number of aromatic nitrogens is 1. The van der Waals surface area contributed by atoms with Crippen LogP contribution < -0.4 is 4.74 Å². The fraction of sp³-hybridized carbons (Fsp3) is 0.200. The molecule has 1 saturated heterocycles. The third kappa shape index (κ3) is 5.52. The fourth-order valence-electron chi connectivity index (χ4n) is 4.57. The molecule has 6 nitrogen and oxygen atoms in total. The lowest BCUT2D eigenvalue weighted by atomic mass is 9.94. The number of fused-ring (bicyclic) bond motifs is 1. The fourth-order valence-corrected chi connectivity index (χ4v) is 4.74. The molecule has 37 heavy (non-hydrogen) atoms. The number of carboxylic acid groups (broad SMARTS) is 1. The number of halogens is 1. The first kappa shape index (κ1) is 25.0. The second kappa shape index (κ2) is 10.7. The summed E-state index contributed by atoms with van der Waals surface area (Å²) in [6, 6.07) is 22.7. The van der Waals surface area contributed by atoms with Gasteiger partial charge in [-0.15, -0.1) is 0 Å². The van der Waals surface area contributed by atoms with E-state index in [1.807, 2.05) is 66.7 Å². The van der Waals surface area contributed by atoms with Crippen LogP contribution in [0.4, 0.5) is 0 Å². The van der Waals surface area contributed by atoms with Gasteiger partial charge in [-0.25, -0.2) is 9.78 Å². The van der Waals surface area contributed by atoms with Crippen LogP contribution in [0.5, 0.6) is 5.75 Å². The zero-order valence-electron chi connectivity index (χ0n) is 20.3. The first-order chi connectivity index (χ1) is 18.0. The van der Waals surface area contributed by atoms with E-state index in [1.165, 1.54) is 7.11 Å². The second-order valence-electron chi connectivity index (χ2n) is 8.81. The molecular formula is C30H26ClNO5. The summed E-state index contributed by atoms with van der Waals surface area (Å²) in [6.45, 7) is 0.941. The highest BCUT2D eigenvalue weighted by atomic mass is 35.5. The van der Waals surface area contributed by atoms with Gasteiger partial charge in [0, 0.05) is 22.4 Å². The Balaban J connectivity index is 1.38. The lowest BCUT2D eigenvalue weighted by Gasteiger charge is -2.28. The normalized spacial score (nSPS) is 14.9. The summed E-state index contributed by atoms with van der Waals surface area (Å²) >= 11 is 6.12. The van der Waals surface area contributed by atoms with Gasteiger partial charge < -0.3 is 19.3 Å². The van der Waals surface area contributed by atoms with Crippen molar-refractivity contribution >= 4 is 40.6 Å². The Morgan fingerprint density at radius 2 is 1.86 bits per heavy atom. The van der Waals surface area contributed by atoms with Gasteiger partial charge in [-0.2, -0.15) is 0 Å². The number of ether oxygens (including phenoxy) is 3. The van der Waals surface area contributed by atoms with Gasteiger partial charge in [0.05, 0.1) is 37.1 Å². The van der Waals surface area contributed by atoms with Gasteiger partial charge in [0.15, 0.2) is 5.79 Å². The van der Waals surface area contributed by atoms with E-state index < -0.39 is 11.8 Å². The van der Waals surface area contributed by atoms with Gasteiger partial charge in [0.25, 0.3) is 0 Å². The molecule has 0 saturated carbocycles. The number of hydrogen-bond acceptors (Lipinski definition) is 5. The lowest BCUT2D eigenvalue weighted by molar-refractivity contribution is -0.170. The highest BCUT2D eigenvalue weighted by Crippen LogP contribution is 2.37. The van der Waals surface area contributed by atoms with Crippen molar-refractivity contribution in [3.8, 4) is 5.75 Å². The highest BCUT2D eigenvalue weighted by molar-refractivity contribution is 6.31. The summed E-state index contributed by atoms with van der Waals surface area (Å²) in [7, 11) is 1.52. The molecule has 2 heterocycles. The van der Waals surface area contributed by atoms with Crippen LogP contribution in [0.25, 0.3) is 23.1 Å². The summed E-state index contributed by atoms with van der Waals surface area (Å²) < 4.78 is 17.4. The SMILES string of the molecule is COc1ccc(CCC2(c3cccc(/C=C/c4ccc5ccc(Cl)cc5n4)c3)OCCO2)c(C(=O)O)c1. The largest absolute Gasteiger partial charge is 0.497 e. The maximum atomic E-state index is 11.8. The molecule has 5 rings (SSSR count). The van der Waals surface area contributed by atoms with Crippen LogP contribution in [0.3, 0.4) is 0 Å². The summed E-state index contributed by atoms with van der Waals surface area (Å²) in [4.78, 5) is 16.5. The Morgan fingerprint density at radius 1 is 1.05 bits per heavy atom. The minimum atomic E-state index is -0.993. The molecule has 0 aliphatic carbocycles. The topological polar surface area (TPSA) is 77.9 Å². The van der Waals surface area contributed by atoms with Crippen LogP contribution in [0.1, 0.15) is 39.2 Å². The minimum Gasteiger partial charge on any atom is -0.497 e. The monoisotopic (exact) mass is 515 g/mol. The average molecular weight is 516 g/mol. The number of rotatable bonds is 8. The van der Waals surface area contributed by atoms with E-state index in [-0.39, 0.29) is 5.56 Å². The van der Waals surface area contributed by atoms with Crippen LogP contribution in [0, 0.1) is 0 Å². The van der Waals surface area contributed by atoms with Crippen molar-refractivity contribution in [2.45, 2.75) is 18.6 Å². The molecule has 0 radical (unpaired) electrons. The molecule has 7 heteroatoms. The van der Waals surface area contributed by atoms with Crippen LogP contribution in [0.15, 0.2) is 72.8 Å². The molecule has 1 aliphatic heterocycles. The van der Waals surface area contributed by atoms with E-state index in [2.05, 4.69) is 4.98 Å². The number of carbonyl (C=O) groups is 1. The van der Waals surface area contributed by atoms with E-state index >= 15 is 0 Å². The van der Waals surface area contributed by atoms with Gasteiger partial charge in [0.2, 0.25) is 0 Å². The molecule has 1 N–H and O–H groups in total. The number of benzene rings is 3. The van der Waals surface area contributed by atoms with E-state index in [0.717, 1.165) is 27.7 Å². The molecule has 1 fully saturated rings. The third-order valence-electron chi connectivity index (χ3n) is 6.47. The van der Waals surface area contributed by atoms with Crippen molar-refractivity contribution < 1.29 is 24.1 Å². The molecule has 0 atom stereocenters. The Hall–Kier alpha value is -3.71. The smallest absolute Gasteiger partial charge is 0.336 e. The average Bonchev–Trinajstić information content (AvgIpc) is 3.41. The van der Waals surface area contributed by atoms with Crippen LogP contribution in [0.2, 0.25) is 5.02 Å². The quantitative estimate of drug-likeness (QED) is 0.285. The summed E-state index contributed by atoms with van der Waals surface area (Å²) in [5, 5.41) is 11.4. The van der Waals surface area contributed by atoms with E-state index in [4.69, 9.17) is 25.8 Å². The first-order valence-corrected chi connectivity index (χ1v) is 12.4. The summed E-state index contributed by atoms with van der Waals surface area (Å²) in [5.41, 5.74) is 4.44. The standard InChI is InChI=1S/C30H26ClNO5/c1-35-26-12-8-21(27(19-26)29(33)34)13-14-30(36-15-16-37-30)23-4-2-3-20(17-23)5-10-25-11-7-22-6-9-24(31)18-28(22)32-25/h2-12,17-19H,13-16H2,1H3,(H,33,34)/b10-5+. The Morgan fingerprint density at radius 3 is 2.65 bits per heavy atom. The number of methoxy groups -OCH3 is 1. The molecule has 4 aromatic rings. The van der Waals surface area contributed by atoms with Crippen molar-refractivity contribution in [3.63, 3.8) is 0 Å². The van der Waals surface area contributed by atoms with Gasteiger partial charge in [-0.05, 0) is 60.0 Å². The van der Waals surface area contributed by atoms with E-state index in [1.54, 1.807) is 18.2 Å². The molecule has 188 valence electrons. The number of hydrogen-bond donors (Lipinski definition) is 1. The highest BCUT2D eigenvalue weighted by Gasteiger charge is 2.38. The molecule has 0 unspecified atom stereocenters. The van der Waals surface area contributed by atoms with E-state index in [0.29, 0.717) is 42.4 Å². The number of nitrogens with zero attached hydrogens (tertiary/aromatic N) is 1. The molecule has 0 amide bonds. The molecule has 0 spiro atoms. The molecule has 1 aromatic heterocycles. The Kier molecular flexibility index (Phi) is 7.24. The first-order valence-electron chi connectivity index (χ1n) is 12.0. The van der Waals surface area contributed by atoms with Crippen molar-refractivity contribution in [1.82, 2.24) is 4.98 Å². The number of aromatic carboxylic acids is 1. The third-order valence-corrected chi connectivity index (χ3v) is 6.71. The maximum Gasteiger partial charge on any atom is 0.336 e. The van der Waals surface area contributed by atoms with Crippen molar-refractivity contribution in [2.75, 3.05) is 20.3 Å². The van der Waals surface area contributed by atoms with Gasteiger partial charge in [-0.1, -0.05) is 54.1 Å². The zero-order chi connectivity index (χ0) is 25.8. The van der Waals surface area contributed by atoms with E-state index in [9.17, 15) is 9.90 Å². The van der Waals surface area contributed by atoms with Crippen LogP contribution in [-0.2, 0) is 21.7 Å². The number of aryl methyl sites for hydroxylation is 1. The summed E-state index contributed by atoms with van der Waals surface area (Å²) in [5.74, 6) is -1.43. The van der Waals surface area contributed by atoms with Crippen LogP contribution in [-0.4, -0.2) is 36.4 Å². The van der Waals surface area contributed by atoms with Gasteiger partial charge >= 0.3 is 5.97 Å². The van der Waals surface area contributed by atoms with Crippen molar-refractivity contribution in [1.29, 1.82) is 0 Å². The maximum absolute atomic E-state index is 11.8. The zero-order valence-corrected chi connectivity index (χ0v) is 21.1. The molecule has 1 aliphatic rings. The number of carboxylic acids is 1. The van der Waals surface area contributed by atoms with Crippen molar-refractivity contribution in [3.05, 3.63) is 106 Å². The van der Waals surface area contributed by atoms with Gasteiger partial charge in [-0.3, -0.25) is 0 Å². The van der Waals surface area contributed by atoms with Gasteiger partial charge in [0.1, 0.15) is 5.75 Å². The minimum absolute atomic E-state index is 0.216. The molecule has 3 aromatic carbocycles. The van der Waals surface area contributed by atoms with Crippen molar-refractivity contribution in [2.24, 2.45) is 0 Å². The lowest BCUT2D eigenvalue weighted by Crippen LogP contribution is -2.28. The number of pyridine rings is 1. The predicted octanol–water partition coefficient (Wildman–Crippen LogP) is 6.60. The Bertz CT molecular complexity index is 1480. The molecular weight excluding hydrogens is 490 g/mol. The predicted molar refractivity (Wildman–Crippen MR) is 144 cm³/mol. The van der Waals surface area contributed by atoms with Crippen LogP contribution >= 0.6 is 11.6 Å². The molecule has 0 bridgehead atoms. The summed E-state index contributed by atoms with van der Waals surface area (Å²) in [6.07, 6.45) is 4.89.